The Morgan fingerprint density at radius 2 is 2.30 bits per heavy atom. The van der Waals surface area contributed by atoms with E-state index in [2.05, 4.69) is 10.6 Å². The quantitative estimate of drug-likeness (QED) is 0.591. The molecule has 0 unspecified atom stereocenters. The molecule has 1 aliphatic heterocycles. The predicted molar refractivity (Wildman–Crippen MR) is 93.3 cm³/mol. The van der Waals surface area contributed by atoms with Gasteiger partial charge in [-0.25, -0.2) is 4.39 Å². The van der Waals surface area contributed by atoms with E-state index in [9.17, 15) is 9.18 Å². The number of anilines is 2. The van der Waals surface area contributed by atoms with Gasteiger partial charge < -0.3 is 20.3 Å². The fourth-order valence-corrected chi connectivity index (χ4v) is 2.62. The van der Waals surface area contributed by atoms with Crippen molar-refractivity contribution in [2.75, 3.05) is 36.5 Å². The van der Waals surface area contributed by atoms with Gasteiger partial charge in [0.1, 0.15) is 5.82 Å². The van der Waals surface area contributed by atoms with E-state index in [0.29, 0.717) is 49.2 Å². The number of hydrogen-bond donors (Lipinski definition) is 2. The van der Waals surface area contributed by atoms with Crippen molar-refractivity contribution in [3.05, 3.63) is 24.0 Å². The minimum absolute atomic E-state index is 0.0438. The number of carbonyl (C=O) groups excluding carboxylic acids is 1. The Morgan fingerprint density at radius 1 is 1.48 bits per heavy atom. The zero-order valence-corrected chi connectivity index (χ0v) is 14.0. The van der Waals surface area contributed by atoms with E-state index in [1.807, 2.05) is 6.92 Å². The molecule has 0 bridgehead atoms. The fourth-order valence-electron chi connectivity index (χ4n) is 2.40. The SMILES string of the molecule is CCOCCCNC(=S)Nc1ccc(F)c(N2CCCC2=O)c1. The molecule has 7 heteroatoms. The zero-order valence-electron chi connectivity index (χ0n) is 13.2. The molecule has 0 spiro atoms. The number of ether oxygens (including phenoxy) is 1. The van der Waals surface area contributed by atoms with E-state index in [1.165, 1.54) is 11.0 Å². The van der Waals surface area contributed by atoms with Gasteiger partial charge in [0.2, 0.25) is 5.91 Å². The molecule has 1 amide bonds. The van der Waals surface area contributed by atoms with Crippen molar-refractivity contribution in [2.45, 2.75) is 26.2 Å². The second-order valence-electron chi connectivity index (χ2n) is 5.25. The van der Waals surface area contributed by atoms with E-state index in [-0.39, 0.29) is 5.91 Å². The third-order valence-electron chi connectivity index (χ3n) is 3.52. The molecule has 23 heavy (non-hydrogen) atoms. The van der Waals surface area contributed by atoms with Crippen molar-refractivity contribution < 1.29 is 13.9 Å². The molecule has 1 saturated heterocycles. The van der Waals surface area contributed by atoms with Crippen LogP contribution in [-0.4, -0.2) is 37.3 Å². The van der Waals surface area contributed by atoms with Crippen molar-refractivity contribution in [3.8, 4) is 0 Å². The number of benzene rings is 1. The highest BCUT2D eigenvalue weighted by atomic mass is 32.1. The first kappa shape index (κ1) is 17.6. The number of nitrogens with zero attached hydrogens (tertiary/aromatic N) is 1. The number of amides is 1. The summed E-state index contributed by atoms with van der Waals surface area (Å²) >= 11 is 5.21. The summed E-state index contributed by atoms with van der Waals surface area (Å²) in [5, 5.41) is 6.55. The maximum absolute atomic E-state index is 14.0. The molecule has 1 fully saturated rings. The van der Waals surface area contributed by atoms with Gasteiger partial charge in [-0.2, -0.15) is 0 Å². The van der Waals surface area contributed by atoms with Crippen LogP contribution in [0.4, 0.5) is 15.8 Å². The molecular weight excluding hydrogens is 317 g/mol. The lowest BCUT2D eigenvalue weighted by Gasteiger charge is -2.18. The lowest BCUT2D eigenvalue weighted by Crippen LogP contribution is -2.30. The molecule has 0 saturated carbocycles. The molecule has 1 aliphatic rings. The summed E-state index contributed by atoms with van der Waals surface area (Å²) in [5.41, 5.74) is 0.958. The summed E-state index contributed by atoms with van der Waals surface area (Å²) < 4.78 is 19.2. The molecule has 5 nitrogen and oxygen atoms in total. The number of thiocarbonyl (C=S) groups is 1. The van der Waals surface area contributed by atoms with Crippen LogP contribution in [0.5, 0.6) is 0 Å². The molecule has 126 valence electrons. The Balaban J connectivity index is 1.90. The van der Waals surface area contributed by atoms with Gasteiger partial charge in [0.25, 0.3) is 0 Å². The van der Waals surface area contributed by atoms with Crippen molar-refractivity contribution in [1.82, 2.24) is 5.32 Å². The Morgan fingerprint density at radius 3 is 3.00 bits per heavy atom. The van der Waals surface area contributed by atoms with Crippen LogP contribution in [0.2, 0.25) is 0 Å². The predicted octanol–water partition coefficient (Wildman–Crippen LogP) is 2.67. The van der Waals surface area contributed by atoms with Gasteiger partial charge in [-0.15, -0.1) is 0 Å². The number of nitrogens with one attached hydrogen (secondary N) is 2. The van der Waals surface area contributed by atoms with Gasteiger partial charge in [0.05, 0.1) is 5.69 Å². The number of rotatable bonds is 7. The lowest BCUT2D eigenvalue weighted by atomic mass is 10.2. The highest BCUT2D eigenvalue weighted by molar-refractivity contribution is 7.80. The van der Waals surface area contributed by atoms with Gasteiger partial charge in [0, 0.05) is 38.4 Å². The molecule has 1 heterocycles. The minimum Gasteiger partial charge on any atom is -0.382 e. The van der Waals surface area contributed by atoms with Gasteiger partial charge in [-0.3, -0.25) is 4.79 Å². The van der Waals surface area contributed by atoms with Crippen LogP contribution in [-0.2, 0) is 9.53 Å². The summed E-state index contributed by atoms with van der Waals surface area (Å²) in [4.78, 5) is 13.3. The Labute approximate surface area is 141 Å². The smallest absolute Gasteiger partial charge is 0.227 e. The molecule has 0 aromatic heterocycles. The fraction of sp³-hybridized carbons (Fsp3) is 0.500. The van der Waals surface area contributed by atoms with Gasteiger partial charge in [-0.1, -0.05) is 0 Å². The van der Waals surface area contributed by atoms with E-state index in [0.717, 1.165) is 12.8 Å². The molecule has 0 aliphatic carbocycles. The second kappa shape index (κ2) is 8.79. The number of halogens is 1. The topological polar surface area (TPSA) is 53.6 Å². The highest BCUT2D eigenvalue weighted by Gasteiger charge is 2.24. The van der Waals surface area contributed by atoms with E-state index >= 15 is 0 Å². The normalized spacial score (nSPS) is 14.2. The van der Waals surface area contributed by atoms with E-state index in [4.69, 9.17) is 17.0 Å². The molecule has 1 aromatic carbocycles. The largest absolute Gasteiger partial charge is 0.382 e. The number of hydrogen-bond acceptors (Lipinski definition) is 3. The molecule has 1 aromatic rings. The minimum atomic E-state index is -0.401. The Bertz CT molecular complexity index is 568. The average Bonchev–Trinajstić information content (AvgIpc) is 2.95. The van der Waals surface area contributed by atoms with Crippen LogP contribution in [0.25, 0.3) is 0 Å². The molecular formula is C16H22FN3O2S. The third-order valence-corrected chi connectivity index (χ3v) is 3.77. The van der Waals surface area contributed by atoms with Crippen molar-refractivity contribution in [1.29, 1.82) is 0 Å². The summed E-state index contributed by atoms with van der Waals surface area (Å²) in [5.74, 6) is -0.445. The van der Waals surface area contributed by atoms with Crippen LogP contribution in [0.3, 0.4) is 0 Å². The Kier molecular flexibility index (Phi) is 6.73. The first-order valence-corrected chi connectivity index (χ1v) is 8.25. The van der Waals surface area contributed by atoms with Gasteiger partial charge in [-0.05, 0) is 50.2 Å². The van der Waals surface area contributed by atoms with Crippen LogP contribution >= 0.6 is 12.2 Å². The maximum atomic E-state index is 14.0. The number of carbonyl (C=O) groups is 1. The molecule has 0 radical (unpaired) electrons. The van der Waals surface area contributed by atoms with Crippen molar-refractivity contribution in [2.24, 2.45) is 0 Å². The van der Waals surface area contributed by atoms with Gasteiger partial charge >= 0.3 is 0 Å². The van der Waals surface area contributed by atoms with Crippen LogP contribution in [0.15, 0.2) is 18.2 Å². The standard InChI is InChI=1S/C16H22FN3O2S/c1-2-22-10-4-8-18-16(23)19-12-6-7-13(17)14(11-12)20-9-3-5-15(20)21/h6-7,11H,2-5,8-10H2,1H3,(H2,18,19,23). The maximum Gasteiger partial charge on any atom is 0.227 e. The zero-order chi connectivity index (χ0) is 16.7. The summed E-state index contributed by atoms with van der Waals surface area (Å²) in [6.45, 7) is 4.60. The van der Waals surface area contributed by atoms with Gasteiger partial charge in [0.15, 0.2) is 5.11 Å². The summed E-state index contributed by atoms with van der Waals surface area (Å²) in [7, 11) is 0. The van der Waals surface area contributed by atoms with Crippen molar-refractivity contribution >= 4 is 34.6 Å². The molecule has 0 atom stereocenters. The third kappa shape index (κ3) is 5.14. The van der Waals surface area contributed by atoms with Crippen molar-refractivity contribution in [3.63, 3.8) is 0 Å². The van der Waals surface area contributed by atoms with Crippen LogP contribution < -0.4 is 15.5 Å². The first-order chi connectivity index (χ1) is 11.1. The summed E-state index contributed by atoms with van der Waals surface area (Å²) in [6, 6.07) is 4.57. The average molecular weight is 339 g/mol. The molecule has 2 rings (SSSR count). The monoisotopic (exact) mass is 339 g/mol. The van der Waals surface area contributed by atoms with E-state index < -0.39 is 5.82 Å². The van der Waals surface area contributed by atoms with Crippen LogP contribution in [0.1, 0.15) is 26.2 Å². The first-order valence-electron chi connectivity index (χ1n) is 7.84. The second-order valence-corrected chi connectivity index (χ2v) is 5.65. The summed E-state index contributed by atoms with van der Waals surface area (Å²) in [6.07, 6.45) is 2.08. The lowest BCUT2D eigenvalue weighted by molar-refractivity contribution is -0.117. The Hall–Kier alpha value is -1.73. The molecule has 2 N–H and O–H groups in total. The van der Waals surface area contributed by atoms with Crippen LogP contribution in [0, 0.1) is 5.82 Å². The highest BCUT2D eigenvalue weighted by Crippen LogP contribution is 2.27. The van der Waals surface area contributed by atoms with E-state index in [1.54, 1.807) is 12.1 Å².